The summed E-state index contributed by atoms with van der Waals surface area (Å²) in [7, 11) is 0. The van der Waals surface area contributed by atoms with Crippen LogP contribution >= 0.6 is 0 Å². The van der Waals surface area contributed by atoms with Crippen LogP contribution in [0.5, 0.6) is 0 Å². The van der Waals surface area contributed by atoms with Gasteiger partial charge in [0, 0.05) is 5.69 Å². The van der Waals surface area contributed by atoms with Gasteiger partial charge in [0.25, 0.3) is 5.91 Å². The van der Waals surface area contributed by atoms with Crippen LogP contribution < -0.4 is 21.7 Å². The van der Waals surface area contributed by atoms with Crippen molar-refractivity contribution in [1.29, 1.82) is 0 Å². The number of rotatable bonds is 4. The number of guanidine groups is 2. The number of benzene rings is 2. The van der Waals surface area contributed by atoms with E-state index < -0.39 is 41.7 Å². The third kappa shape index (κ3) is 5.81. The highest BCUT2D eigenvalue weighted by Gasteiger charge is 2.34. The molecule has 1 heterocycles. The fourth-order valence-electron chi connectivity index (χ4n) is 2.77. The number of nitrogens with one attached hydrogen (secondary N) is 3. The van der Waals surface area contributed by atoms with Gasteiger partial charge < -0.3 is 16.4 Å². The summed E-state index contributed by atoms with van der Waals surface area (Å²) in [6.07, 6.45) is -5.08. The molecule has 2 amide bonds. The Labute approximate surface area is 175 Å². The molecular weight excluding hydrogens is 413 g/mol. The van der Waals surface area contributed by atoms with Gasteiger partial charge in [-0.1, -0.05) is 29.8 Å². The number of halogens is 3. The van der Waals surface area contributed by atoms with E-state index in [4.69, 9.17) is 5.73 Å². The third-order valence-corrected chi connectivity index (χ3v) is 4.25. The second-order valence-electron chi connectivity index (χ2n) is 6.74. The van der Waals surface area contributed by atoms with Crippen molar-refractivity contribution in [2.45, 2.75) is 25.6 Å². The van der Waals surface area contributed by atoms with Gasteiger partial charge in [-0.15, -0.1) is 0 Å². The predicted octanol–water partition coefficient (Wildman–Crippen LogP) is 2.62. The molecule has 1 aliphatic rings. The lowest BCUT2D eigenvalue weighted by Gasteiger charge is -2.13. The predicted molar refractivity (Wildman–Crippen MR) is 110 cm³/mol. The Kier molecular flexibility index (Phi) is 6.23. The lowest BCUT2D eigenvalue weighted by molar-refractivity contribution is -0.137. The van der Waals surface area contributed by atoms with Crippen molar-refractivity contribution in [1.82, 2.24) is 5.32 Å². The molecular formula is C20H19F3N6O2. The summed E-state index contributed by atoms with van der Waals surface area (Å²) >= 11 is 0. The molecule has 5 N–H and O–H groups in total. The fourth-order valence-corrected chi connectivity index (χ4v) is 2.77. The molecule has 8 nitrogen and oxygen atoms in total. The van der Waals surface area contributed by atoms with Crippen LogP contribution in [0.2, 0.25) is 0 Å². The summed E-state index contributed by atoms with van der Waals surface area (Å²) in [5.74, 6) is -1.54. The average Bonchev–Trinajstić information content (AvgIpc) is 3.01. The van der Waals surface area contributed by atoms with Crippen LogP contribution in [-0.2, 0) is 15.8 Å². The van der Waals surface area contributed by atoms with Crippen LogP contribution in [0.3, 0.4) is 0 Å². The van der Waals surface area contributed by atoms with E-state index in [-0.39, 0.29) is 11.9 Å². The van der Waals surface area contributed by atoms with Crippen LogP contribution in [0.1, 0.15) is 17.5 Å². The quantitative estimate of drug-likeness (QED) is 0.438. The van der Waals surface area contributed by atoms with Crippen molar-refractivity contribution in [2.24, 2.45) is 15.7 Å². The Morgan fingerprint density at radius 1 is 1.16 bits per heavy atom. The van der Waals surface area contributed by atoms with Gasteiger partial charge in [0.2, 0.25) is 17.8 Å². The van der Waals surface area contributed by atoms with E-state index >= 15 is 0 Å². The van der Waals surface area contributed by atoms with Crippen LogP contribution in [0, 0.1) is 6.92 Å². The molecule has 0 radical (unpaired) electrons. The maximum Gasteiger partial charge on any atom is 0.418 e. The van der Waals surface area contributed by atoms with E-state index in [0.717, 1.165) is 17.7 Å². The number of aryl methyl sites for hydroxylation is 1. The van der Waals surface area contributed by atoms with Gasteiger partial charge >= 0.3 is 6.18 Å². The molecule has 0 bridgehead atoms. The molecule has 1 aliphatic heterocycles. The largest absolute Gasteiger partial charge is 0.418 e. The second kappa shape index (κ2) is 8.86. The molecule has 0 aromatic heterocycles. The van der Waals surface area contributed by atoms with Crippen LogP contribution in [-0.4, -0.2) is 29.8 Å². The number of nitrogens with two attached hydrogens (primary N) is 1. The number of carbonyl (C=O) groups is 2. The Bertz CT molecular complexity index is 1050. The molecule has 1 atom stereocenters. The summed E-state index contributed by atoms with van der Waals surface area (Å²) in [5.41, 5.74) is 6.16. The molecule has 0 saturated carbocycles. The number of nitrogens with zero attached hydrogens (tertiary/aromatic N) is 2. The molecule has 3 rings (SSSR count). The number of alkyl halides is 3. The highest BCUT2D eigenvalue weighted by Crippen LogP contribution is 2.34. The molecule has 2 aromatic rings. The minimum absolute atomic E-state index is 0.0351. The van der Waals surface area contributed by atoms with Gasteiger partial charge in [0.1, 0.15) is 6.04 Å². The van der Waals surface area contributed by atoms with E-state index in [9.17, 15) is 22.8 Å². The first-order chi connectivity index (χ1) is 14.6. The van der Waals surface area contributed by atoms with Gasteiger partial charge in [-0.05, 0) is 31.2 Å². The normalized spacial score (nSPS) is 16.5. The lowest BCUT2D eigenvalue weighted by Crippen LogP contribution is -2.32. The van der Waals surface area contributed by atoms with E-state index in [1.807, 2.05) is 19.1 Å². The first kappa shape index (κ1) is 21.8. The fraction of sp³-hybridized carbons (Fsp3) is 0.200. The van der Waals surface area contributed by atoms with Crippen LogP contribution in [0.4, 0.5) is 24.5 Å². The number of hydrogen-bond donors (Lipinski definition) is 4. The zero-order valence-corrected chi connectivity index (χ0v) is 16.3. The summed E-state index contributed by atoms with van der Waals surface area (Å²) in [6.45, 7) is 1.93. The SMILES string of the molecule is Cc1ccc(N/C(N)=N/C2=NC(CC(=O)Nc3ccccc3C(F)(F)F)C(=O)N2)cc1. The molecule has 0 aliphatic carbocycles. The number of amides is 2. The Hall–Kier alpha value is -3.89. The first-order valence-corrected chi connectivity index (χ1v) is 9.14. The monoisotopic (exact) mass is 432 g/mol. The minimum Gasteiger partial charge on any atom is -0.369 e. The van der Waals surface area contributed by atoms with Crippen LogP contribution in [0.15, 0.2) is 58.5 Å². The Morgan fingerprint density at radius 3 is 2.52 bits per heavy atom. The van der Waals surface area contributed by atoms with E-state index in [2.05, 4.69) is 25.9 Å². The number of aliphatic imine (C=N–C) groups is 2. The summed E-state index contributed by atoms with van der Waals surface area (Å²) in [4.78, 5) is 32.2. The second-order valence-corrected chi connectivity index (χ2v) is 6.74. The van der Waals surface area contributed by atoms with Gasteiger partial charge in [0.15, 0.2) is 0 Å². The maximum atomic E-state index is 13.0. The van der Waals surface area contributed by atoms with Crippen molar-refractivity contribution >= 4 is 35.1 Å². The van der Waals surface area contributed by atoms with E-state index in [0.29, 0.717) is 5.69 Å². The van der Waals surface area contributed by atoms with E-state index in [1.54, 1.807) is 12.1 Å². The van der Waals surface area contributed by atoms with Crippen molar-refractivity contribution < 1.29 is 22.8 Å². The standard InChI is InChI=1S/C20H19F3N6O2/c1-11-6-8-12(9-7-11)25-18(24)29-19-27-15(17(31)28-19)10-16(30)26-14-5-3-2-4-13(14)20(21,22)23/h2-9,15H,10H2,1H3,(H,26,30)(H4,24,25,27,28,29,31). The van der Waals surface area contributed by atoms with E-state index in [1.165, 1.54) is 12.1 Å². The average molecular weight is 432 g/mol. The number of carbonyl (C=O) groups excluding carboxylic acids is 2. The molecule has 162 valence electrons. The van der Waals surface area contributed by atoms with Gasteiger partial charge in [0.05, 0.1) is 17.7 Å². The van der Waals surface area contributed by atoms with Crippen LogP contribution in [0.25, 0.3) is 0 Å². The number of hydrogen-bond acceptors (Lipinski definition) is 4. The first-order valence-electron chi connectivity index (χ1n) is 9.14. The molecule has 0 fully saturated rings. The van der Waals surface area contributed by atoms with Gasteiger partial charge in [-0.2, -0.15) is 18.2 Å². The highest BCUT2D eigenvalue weighted by atomic mass is 19.4. The smallest absolute Gasteiger partial charge is 0.369 e. The Morgan fingerprint density at radius 2 is 1.84 bits per heavy atom. The lowest BCUT2D eigenvalue weighted by atomic mass is 10.1. The third-order valence-electron chi connectivity index (χ3n) is 4.25. The topological polar surface area (TPSA) is 121 Å². The summed E-state index contributed by atoms with van der Waals surface area (Å²) in [6, 6.07) is 10.8. The zero-order chi connectivity index (χ0) is 22.6. The summed E-state index contributed by atoms with van der Waals surface area (Å²) < 4.78 is 39.1. The molecule has 0 spiro atoms. The highest BCUT2D eigenvalue weighted by molar-refractivity contribution is 6.11. The maximum absolute atomic E-state index is 13.0. The van der Waals surface area contributed by atoms with Crippen molar-refractivity contribution in [3.63, 3.8) is 0 Å². The summed E-state index contributed by atoms with van der Waals surface area (Å²) in [5, 5.41) is 7.38. The van der Waals surface area contributed by atoms with Crippen molar-refractivity contribution in [3.05, 3.63) is 59.7 Å². The zero-order valence-electron chi connectivity index (χ0n) is 16.3. The molecule has 2 aromatic carbocycles. The molecule has 0 saturated heterocycles. The molecule has 1 unspecified atom stereocenters. The molecule has 31 heavy (non-hydrogen) atoms. The number of anilines is 2. The minimum atomic E-state index is -4.63. The molecule has 11 heteroatoms. The van der Waals surface area contributed by atoms with Crippen molar-refractivity contribution in [3.8, 4) is 0 Å². The van der Waals surface area contributed by atoms with Gasteiger partial charge in [-0.25, -0.2) is 4.99 Å². The van der Waals surface area contributed by atoms with Gasteiger partial charge in [-0.3, -0.25) is 14.9 Å². The van der Waals surface area contributed by atoms with Crippen molar-refractivity contribution in [2.75, 3.05) is 10.6 Å². The number of para-hydroxylation sites is 1. The Balaban J connectivity index is 1.64.